The van der Waals surface area contributed by atoms with Gasteiger partial charge in [0.25, 0.3) is 0 Å². The highest BCUT2D eigenvalue weighted by Gasteiger charge is 2.33. The molecule has 0 saturated carbocycles. The molecule has 1 aliphatic heterocycles. The van der Waals surface area contributed by atoms with E-state index in [1.54, 1.807) is 10.4 Å². The molecule has 10 heteroatoms. The fraction of sp³-hybridized carbons (Fsp3) is 0.591. The van der Waals surface area contributed by atoms with Crippen molar-refractivity contribution < 1.29 is 32.8 Å². The molecule has 1 aliphatic rings. The molecule has 0 radical (unpaired) electrons. The number of rotatable bonds is 9. The summed E-state index contributed by atoms with van der Waals surface area (Å²) >= 11 is 0. The van der Waals surface area contributed by atoms with Crippen molar-refractivity contribution in [2.45, 2.75) is 58.2 Å². The van der Waals surface area contributed by atoms with Crippen LogP contribution in [0.4, 0.5) is 13.2 Å². The molecule has 0 aromatic heterocycles. The van der Waals surface area contributed by atoms with Gasteiger partial charge in [-0.25, -0.2) is 5.48 Å². The van der Waals surface area contributed by atoms with Crippen molar-refractivity contribution in [3.8, 4) is 0 Å². The predicted molar refractivity (Wildman–Crippen MR) is 110 cm³/mol. The Morgan fingerprint density at radius 1 is 1.22 bits per heavy atom. The fourth-order valence-corrected chi connectivity index (χ4v) is 3.83. The minimum Gasteiger partial charge on any atom is -0.352 e. The van der Waals surface area contributed by atoms with Crippen LogP contribution in [-0.4, -0.2) is 40.9 Å². The molecule has 1 saturated heterocycles. The maximum Gasteiger partial charge on any atom is 0.416 e. The maximum atomic E-state index is 13.0. The maximum absolute atomic E-state index is 13.0. The normalized spacial score (nSPS) is 17.5. The van der Waals surface area contributed by atoms with Crippen LogP contribution in [-0.2, 0) is 27.1 Å². The minimum atomic E-state index is -4.41. The van der Waals surface area contributed by atoms with Crippen LogP contribution in [0.15, 0.2) is 24.3 Å². The molecule has 1 fully saturated rings. The highest BCUT2D eigenvalue weighted by molar-refractivity contribution is 5.86. The van der Waals surface area contributed by atoms with Crippen LogP contribution in [0.1, 0.15) is 56.6 Å². The van der Waals surface area contributed by atoms with E-state index < -0.39 is 29.5 Å². The van der Waals surface area contributed by atoms with E-state index in [0.717, 1.165) is 25.0 Å². The highest BCUT2D eigenvalue weighted by atomic mass is 19.4. The lowest BCUT2D eigenvalue weighted by Crippen LogP contribution is -2.47. The van der Waals surface area contributed by atoms with Crippen molar-refractivity contribution in [3.63, 3.8) is 0 Å². The molecular weight excluding hydrogens is 427 g/mol. The van der Waals surface area contributed by atoms with Gasteiger partial charge in [0, 0.05) is 32.0 Å². The van der Waals surface area contributed by atoms with Crippen LogP contribution in [0, 0.1) is 11.8 Å². The molecule has 7 nitrogen and oxygen atoms in total. The smallest absolute Gasteiger partial charge is 0.352 e. The second-order valence-corrected chi connectivity index (χ2v) is 8.11. The van der Waals surface area contributed by atoms with Crippen molar-refractivity contribution in [3.05, 3.63) is 35.4 Å². The van der Waals surface area contributed by atoms with Gasteiger partial charge in [-0.1, -0.05) is 31.9 Å². The van der Waals surface area contributed by atoms with Gasteiger partial charge in [-0.2, -0.15) is 13.2 Å². The SMILES string of the molecule is CCCCC(CC(=O)NO)C(=O)N1CCCC(C(=O)NCc2ccc(C(F)(F)F)cc2)C1. The van der Waals surface area contributed by atoms with Crippen molar-refractivity contribution in [1.82, 2.24) is 15.7 Å². The molecule has 0 bridgehead atoms. The number of unbranched alkanes of at least 4 members (excludes halogenated alkanes) is 1. The van der Waals surface area contributed by atoms with Gasteiger partial charge in [0.2, 0.25) is 17.7 Å². The Morgan fingerprint density at radius 3 is 2.50 bits per heavy atom. The summed E-state index contributed by atoms with van der Waals surface area (Å²) in [7, 11) is 0. The summed E-state index contributed by atoms with van der Waals surface area (Å²) < 4.78 is 38.0. The second-order valence-electron chi connectivity index (χ2n) is 8.11. The number of alkyl halides is 3. The number of halogens is 3. The first-order chi connectivity index (χ1) is 15.2. The average molecular weight is 457 g/mol. The Bertz CT molecular complexity index is 784. The van der Waals surface area contributed by atoms with Crippen molar-refractivity contribution in [2.75, 3.05) is 13.1 Å². The molecule has 0 aliphatic carbocycles. The van der Waals surface area contributed by atoms with Crippen LogP contribution in [0.2, 0.25) is 0 Å². The van der Waals surface area contributed by atoms with Crippen LogP contribution < -0.4 is 10.8 Å². The number of nitrogens with zero attached hydrogens (tertiary/aromatic N) is 1. The third-order valence-electron chi connectivity index (χ3n) is 5.66. The molecule has 3 N–H and O–H groups in total. The van der Waals surface area contributed by atoms with E-state index in [4.69, 9.17) is 5.21 Å². The summed E-state index contributed by atoms with van der Waals surface area (Å²) in [6, 6.07) is 4.59. The zero-order chi connectivity index (χ0) is 23.7. The van der Waals surface area contributed by atoms with Gasteiger partial charge < -0.3 is 10.2 Å². The van der Waals surface area contributed by atoms with Crippen molar-refractivity contribution in [1.29, 1.82) is 0 Å². The minimum absolute atomic E-state index is 0.0945. The number of hydroxylamine groups is 1. The van der Waals surface area contributed by atoms with Crippen molar-refractivity contribution >= 4 is 17.7 Å². The summed E-state index contributed by atoms with van der Waals surface area (Å²) in [6.07, 6.45) is -1.15. The lowest BCUT2D eigenvalue weighted by Gasteiger charge is -2.34. The number of nitrogens with one attached hydrogen (secondary N) is 2. The van der Waals surface area contributed by atoms with E-state index in [-0.39, 0.29) is 31.3 Å². The standard InChI is InChI=1S/C22H30F3N3O4/c1-2-3-5-16(12-19(29)27-32)21(31)28-11-4-6-17(14-28)20(30)26-13-15-7-9-18(10-8-15)22(23,24)25/h7-10,16-17,32H,2-6,11-14H2,1H3,(H,26,30)(H,27,29). The number of hydrogen-bond acceptors (Lipinski definition) is 4. The van der Waals surface area contributed by atoms with Gasteiger partial charge >= 0.3 is 6.18 Å². The first kappa shape index (κ1) is 25.6. The second kappa shape index (κ2) is 11.8. The van der Waals surface area contributed by atoms with Crippen LogP contribution in [0.3, 0.4) is 0 Å². The number of amides is 3. The molecule has 1 heterocycles. The van der Waals surface area contributed by atoms with Crippen LogP contribution in [0.25, 0.3) is 0 Å². The Balaban J connectivity index is 1.93. The van der Waals surface area contributed by atoms with Gasteiger partial charge in [0.15, 0.2) is 0 Å². The molecular formula is C22H30F3N3O4. The molecule has 3 amide bonds. The van der Waals surface area contributed by atoms with Crippen LogP contribution in [0.5, 0.6) is 0 Å². The van der Waals surface area contributed by atoms with Gasteiger partial charge in [0.05, 0.1) is 11.5 Å². The quantitative estimate of drug-likeness (QED) is 0.392. The Kier molecular flexibility index (Phi) is 9.49. The van der Waals surface area contributed by atoms with Gasteiger partial charge in [-0.15, -0.1) is 0 Å². The van der Waals surface area contributed by atoms with E-state index in [1.807, 2.05) is 6.92 Å². The van der Waals surface area contributed by atoms with E-state index in [2.05, 4.69) is 5.32 Å². The molecule has 32 heavy (non-hydrogen) atoms. The molecule has 1 aromatic carbocycles. The zero-order valence-electron chi connectivity index (χ0n) is 18.1. The lowest BCUT2D eigenvalue weighted by atomic mass is 9.92. The number of benzene rings is 1. The monoisotopic (exact) mass is 457 g/mol. The zero-order valence-corrected chi connectivity index (χ0v) is 18.1. The summed E-state index contributed by atoms with van der Waals surface area (Å²) in [6.45, 7) is 2.79. The highest BCUT2D eigenvalue weighted by Crippen LogP contribution is 2.29. The third-order valence-corrected chi connectivity index (χ3v) is 5.66. The van der Waals surface area contributed by atoms with Crippen LogP contribution >= 0.6 is 0 Å². The number of piperidine rings is 1. The Hall–Kier alpha value is -2.62. The lowest BCUT2D eigenvalue weighted by molar-refractivity contribution is -0.143. The first-order valence-electron chi connectivity index (χ1n) is 10.8. The number of carbonyl (C=O) groups excluding carboxylic acids is 3. The number of carbonyl (C=O) groups is 3. The average Bonchev–Trinajstić information content (AvgIpc) is 2.79. The Morgan fingerprint density at radius 2 is 1.91 bits per heavy atom. The number of likely N-dealkylation sites (tertiary alicyclic amines) is 1. The van der Waals surface area contributed by atoms with Crippen molar-refractivity contribution in [2.24, 2.45) is 11.8 Å². The van der Waals surface area contributed by atoms with Gasteiger partial charge in [0.1, 0.15) is 0 Å². The third kappa shape index (κ3) is 7.51. The molecule has 1 aromatic rings. The largest absolute Gasteiger partial charge is 0.416 e. The fourth-order valence-electron chi connectivity index (χ4n) is 3.83. The van der Waals surface area contributed by atoms with E-state index in [0.29, 0.717) is 31.4 Å². The molecule has 0 spiro atoms. The molecule has 178 valence electrons. The summed E-state index contributed by atoms with van der Waals surface area (Å²) in [5, 5.41) is 11.5. The summed E-state index contributed by atoms with van der Waals surface area (Å²) in [5.41, 5.74) is 1.36. The molecule has 2 unspecified atom stereocenters. The van der Waals surface area contributed by atoms with E-state index in [9.17, 15) is 27.6 Å². The molecule has 2 rings (SSSR count). The van der Waals surface area contributed by atoms with E-state index in [1.165, 1.54) is 12.1 Å². The van der Waals surface area contributed by atoms with E-state index >= 15 is 0 Å². The molecule has 2 atom stereocenters. The van der Waals surface area contributed by atoms with Gasteiger partial charge in [-0.05, 0) is 37.0 Å². The summed E-state index contributed by atoms with van der Waals surface area (Å²) in [4.78, 5) is 38.7. The predicted octanol–water partition coefficient (Wildman–Crippen LogP) is 3.26. The number of hydrogen-bond donors (Lipinski definition) is 3. The first-order valence-corrected chi connectivity index (χ1v) is 10.8. The van der Waals surface area contributed by atoms with Gasteiger partial charge in [-0.3, -0.25) is 19.6 Å². The Labute approximate surface area is 185 Å². The topological polar surface area (TPSA) is 98.7 Å². The summed E-state index contributed by atoms with van der Waals surface area (Å²) in [5.74, 6) is -2.08.